The summed E-state index contributed by atoms with van der Waals surface area (Å²) in [5.41, 5.74) is 0.976. The molecule has 1 N–H and O–H groups in total. The molecular formula is C15H19N2O4-. The number of hydrogen-bond donors (Lipinski definition) is 1. The quantitative estimate of drug-likeness (QED) is 0.777. The Kier molecular flexibility index (Phi) is 3.98. The van der Waals surface area contributed by atoms with Crippen LogP contribution in [0.3, 0.4) is 0 Å². The average Bonchev–Trinajstić information content (AvgIpc) is 2.65. The topological polar surface area (TPSA) is 76.1 Å². The zero-order valence-electron chi connectivity index (χ0n) is 11.8. The van der Waals surface area contributed by atoms with E-state index in [2.05, 4.69) is 4.90 Å². The van der Waals surface area contributed by atoms with Crippen LogP contribution in [-0.4, -0.2) is 59.9 Å². The SMILES string of the molecule is O=C([O-])N1CCN(C2c3ccccc3OCCC2O)CC1. The van der Waals surface area contributed by atoms with Crippen LogP contribution in [0.2, 0.25) is 0 Å². The van der Waals surface area contributed by atoms with Gasteiger partial charge in [-0.05, 0) is 6.07 Å². The van der Waals surface area contributed by atoms with Crippen LogP contribution in [0.15, 0.2) is 24.3 Å². The smallest absolute Gasteiger partial charge is 0.137 e. The molecule has 2 unspecified atom stereocenters. The highest BCUT2D eigenvalue weighted by molar-refractivity contribution is 5.62. The molecule has 1 aromatic carbocycles. The Morgan fingerprint density at radius 3 is 2.67 bits per heavy atom. The van der Waals surface area contributed by atoms with Crippen molar-refractivity contribution in [2.75, 3.05) is 32.8 Å². The molecular weight excluding hydrogens is 272 g/mol. The number of aliphatic hydroxyl groups is 1. The van der Waals surface area contributed by atoms with Crippen LogP contribution >= 0.6 is 0 Å². The van der Waals surface area contributed by atoms with Crippen LogP contribution in [0.1, 0.15) is 18.0 Å². The van der Waals surface area contributed by atoms with Crippen LogP contribution in [0.25, 0.3) is 0 Å². The molecule has 0 aliphatic carbocycles. The van der Waals surface area contributed by atoms with E-state index < -0.39 is 12.2 Å². The van der Waals surface area contributed by atoms with E-state index in [1.54, 1.807) is 0 Å². The Bertz CT molecular complexity index is 514. The highest BCUT2D eigenvalue weighted by Crippen LogP contribution is 2.36. The first-order valence-corrected chi connectivity index (χ1v) is 7.26. The Hall–Kier alpha value is -1.79. The van der Waals surface area contributed by atoms with Gasteiger partial charge in [-0.2, -0.15) is 0 Å². The van der Waals surface area contributed by atoms with E-state index in [0.717, 1.165) is 11.3 Å². The summed E-state index contributed by atoms with van der Waals surface area (Å²) in [7, 11) is 0. The van der Waals surface area contributed by atoms with E-state index in [-0.39, 0.29) is 6.04 Å². The van der Waals surface area contributed by atoms with Crippen LogP contribution in [0, 0.1) is 0 Å². The summed E-state index contributed by atoms with van der Waals surface area (Å²) in [6.45, 7) is 2.49. The first-order valence-electron chi connectivity index (χ1n) is 7.26. The number of piperazine rings is 1. The lowest BCUT2D eigenvalue weighted by Crippen LogP contribution is -2.54. The Morgan fingerprint density at radius 2 is 1.95 bits per heavy atom. The molecule has 1 saturated heterocycles. The fourth-order valence-electron chi connectivity index (χ4n) is 3.13. The molecule has 1 amide bonds. The summed E-state index contributed by atoms with van der Waals surface area (Å²) >= 11 is 0. The third-order valence-electron chi connectivity index (χ3n) is 4.24. The molecule has 21 heavy (non-hydrogen) atoms. The third kappa shape index (κ3) is 2.82. The number of para-hydroxylation sites is 1. The summed E-state index contributed by atoms with van der Waals surface area (Å²) in [4.78, 5) is 14.3. The van der Waals surface area contributed by atoms with E-state index in [9.17, 15) is 15.0 Å². The van der Waals surface area contributed by atoms with E-state index in [0.29, 0.717) is 39.2 Å². The predicted octanol–water partition coefficient (Wildman–Crippen LogP) is -0.168. The standard InChI is InChI=1S/C15H20N2O4/c18-12-5-10-21-13-4-2-1-3-11(13)14(12)16-6-8-17(9-7-16)15(19)20/h1-4,12,14,18H,5-10H2,(H,19,20)/p-1. The van der Waals surface area contributed by atoms with Crippen molar-refractivity contribution in [2.45, 2.75) is 18.6 Å². The minimum atomic E-state index is -1.13. The summed E-state index contributed by atoms with van der Waals surface area (Å²) in [5.74, 6) is 0.807. The molecule has 3 rings (SSSR count). The van der Waals surface area contributed by atoms with Crippen molar-refractivity contribution in [2.24, 2.45) is 0 Å². The number of carbonyl (C=O) groups excluding carboxylic acids is 1. The van der Waals surface area contributed by atoms with Crippen LogP contribution in [0.4, 0.5) is 4.79 Å². The van der Waals surface area contributed by atoms with Crippen molar-refractivity contribution in [3.05, 3.63) is 29.8 Å². The highest BCUT2D eigenvalue weighted by atomic mass is 16.5. The first-order chi connectivity index (χ1) is 10.2. The molecule has 2 atom stereocenters. The lowest BCUT2D eigenvalue weighted by molar-refractivity contribution is -0.267. The number of amides is 1. The van der Waals surface area contributed by atoms with E-state index >= 15 is 0 Å². The fraction of sp³-hybridized carbons (Fsp3) is 0.533. The second-order valence-electron chi connectivity index (χ2n) is 5.48. The van der Waals surface area contributed by atoms with Crippen LogP contribution in [-0.2, 0) is 0 Å². The molecule has 0 bridgehead atoms. The van der Waals surface area contributed by atoms with E-state index in [4.69, 9.17) is 4.74 Å². The van der Waals surface area contributed by atoms with Gasteiger partial charge in [-0.25, -0.2) is 0 Å². The monoisotopic (exact) mass is 291 g/mol. The summed E-state index contributed by atoms with van der Waals surface area (Å²) in [5, 5.41) is 21.3. The number of aliphatic hydroxyl groups excluding tert-OH is 1. The number of ether oxygens (including phenoxy) is 1. The Labute approximate surface area is 123 Å². The van der Waals surface area contributed by atoms with Gasteiger partial charge in [0.25, 0.3) is 0 Å². The Morgan fingerprint density at radius 1 is 1.24 bits per heavy atom. The number of rotatable bonds is 1. The number of carboxylic acid groups (broad SMARTS) is 1. The maximum Gasteiger partial charge on any atom is 0.137 e. The lowest BCUT2D eigenvalue weighted by atomic mass is 9.97. The minimum Gasteiger partial charge on any atom is -0.530 e. The molecule has 0 radical (unpaired) electrons. The minimum absolute atomic E-state index is 0.146. The van der Waals surface area contributed by atoms with Crippen molar-refractivity contribution >= 4 is 6.09 Å². The van der Waals surface area contributed by atoms with Crippen molar-refractivity contribution < 1.29 is 19.7 Å². The lowest BCUT2D eigenvalue weighted by Gasteiger charge is -2.41. The van der Waals surface area contributed by atoms with Gasteiger partial charge in [-0.3, -0.25) is 4.90 Å². The summed E-state index contributed by atoms with van der Waals surface area (Å²) in [6, 6.07) is 7.59. The van der Waals surface area contributed by atoms with Gasteiger partial charge in [0, 0.05) is 38.2 Å². The van der Waals surface area contributed by atoms with Gasteiger partial charge in [0.2, 0.25) is 0 Å². The van der Waals surface area contributed by atoms with Gasteiger partial charge in [0.15, 0.2) is 0 Å². The zero-order chi connectivity index (χ0) is 14.8. The fourth-order valence-corrected chi connectivity index (χ4v) is 3.13. The third-order valence-corrected chi connectivity index (χ3v) is 4.24. The molecule has 6 heteroatoms. The largest absolute Gasteiger partial charge is 0.530 e. The summed E-state index contributed by atoms with van der Waals surface area (Å²) < 4.78 is 5.70. The molecule has 2 aliphatic heterocycles. The Balaban J connectivity index is 1.82. The maximum atomic E-state index is 10.9. The number of fused-ring (bicyclic) bond motifs is 1. The molecule has 1 fully saturated rings. The first kappa shape index (κ1) is 14.2. The van der Waals surface area contributed by atoms with Crippen LogP contribution in [0.5, 0.6) is 5.75 Å². The molecule has 2 aliphatic rings. The predicted molar refractivity (Wildman–Crippen MR) is 73.8 cm³/mol. The molecule has 1 aromatic rings. The normalized spacial score (nSPS) is 26.6. The molecule has 6 nitrogen and oxygen atoms in total. The van der Waals surface area contributed by atoms with Crippen molar-refractivity contribution in [1.82, 2.24) is 9.80 Å². The molecule has 114 valence electrons. The number of benzene rings is 1. The average molecular weight is 291 g/mol. The van der Waals surface area contributed by atoms with Crippen molar-refractivity contribution in [3.8, 4) is 5.75 Å². The second-order valence-corrected chi connectivity index (χ2v) is 5.48. The molecule has 2 heterocycles. The summed E-state index contributed by atoms with van der Waals surface area (Å²) in [6.07, 6.45) is -1.07. The highest BCUT2D eigenvalue weighted by Gasteiger charge is 2.33. The van der Waals surface area contributed by atoms with Crippen LogP contribution < -0.4 is 9.84 Å². The van der Waals surface area contributed by atoms with Gasteiger partial charge >= 0.3 is 0 Å². The number of carbonyl (C=O) groups is 1. The van der Waals surface area contributed by atoms with Gasteiger partial charge in [0.1, 0.15) is 11.8 Å². The molecule has 0 aromatic heterocycles. The second kappa shape index (κ2) is 5.91. The molecule has 0 saturated carbocycles. The zero-order valence-corrected chi connectivity index (χ0v) is 11.8. The number of hydrogen-bond acceptors (Lipinski definition) is 5. The van der Waals surface area contributed by atoms with Gasteiger partial charge in [-0.15, -0.1) is 0 Å². The van der Waals surface area contributed by atoms with Crippen molar-refractivity contribution in [1.29, 1.82) is 0 Å². The van der Waals surface area contributed by atoms with Crippen molar-refractivity contribution in [3.63, 3.8) is 0 Å². The molecule has 0 spiro atoms. The van der Waals surface area contributed by atoms with E-state index in [1.165, 1.54) is 4.90 Å². The maximum absolute atomic E-state index is 10.9. The van der Waals surface area contributed by atoms with E-state index in [1.807, 2.05) is 24.3 Å². The van der Waals surface area contributed by atoms with Gasteiger partial charge in [0.05, 0.1) is 18.8 Å². The van der Waals surface area contributed by atoms with Gasteiger partial charge in [-0.1, -0.05) is 18.2 Å². The number of nitrogens with zero attached hydrogens (tertiary/aromatic N) is 2. The van der Waals surface area contributed by atoms with Gasteiger partial charge < -0.3 is 24.6 Å².